The Labute approximate surface area is 136 Å². The van der Waals surface area contributed by atoms with Crippen molar-refractivity contribution in [2.75, 3.05) is 0 Å². The zero-order chi connectivity index (χ0) is 15.9. The SMILES string of the molecule is CCCCCCC/C=C/C=C/CCCCc1cccc(O)c1. The molecule has 0 aromatic heterocycles. The summed E-state index contributed by atoms with van der Waals surface area (Å²) in [6.07, 6.45) is 21.5. The summed E-state index contributed by atoms with van der Waals surface area (Å²) in [5.74, 6) is 0.372. The Morgan fingerprint density at radius 1 is 0.864 bits per heavy atom. The number of phenols is 1. The van der Waals surface area contributed by atoms with Crippen molar-refractivity contribution in [1.29, 1.82) is 0 Å². The molecule has 1 N–H and O–H groups in total. The third kappa shape index (κ3) is 10.3. The first-order valence-electron chi connectivity index (χ1n) is 8.92. The first-order chi connectivity index (χ1) is 10.8. The highest BCUT2D eigenvalue weighted by atomic mass is 16.3. The van der Waals surface area contributed by atoms with E-state index in [4.69, 9.17) is 0 Å². The molecule has 0 spiro atoms. The second-order valence-electron chi connectivity index (χ2n) is 5.97. The molecule has 0 unspecified atom stereocenters. The molecule has 0 aliphatic rings. The van der Waals surface area contributed by atoms with Crippen LogP contribution in [0.1, 0.15) is 70.3 Å². The third-order valence-electron chi connectivity index (χ3n) is 3.85. The zero-order valence-corrected chi connectivity index (χ0v) is 14.1. The van der Waals surface area contributed by atoms with Crippen LogP contribution in [0, 0.1) is 0 Å². The first kappa shape index (κ1) is 18.5. The van der Waals surface area contributed by atoms with Crippen molar-refractivity contribution in [2.24, 2.45) is 0 Å². The van der Waals surface area contributed by atoms with Gasteiger partial charge in [-0.3, -0.25) is 0 Å². The van der Waals surface area contributed by atoms with Gasteiger partial charge in [0.25, 0.3) is 0 Å². The molecule has 0 aliphatic heterocycles. The van der Waals surface area contributed by atoms with Gasteiger partial charge in [0, 0.05) is 0 Å². The maximum absolute atomic E-state index is 9.40. The number of hydrogen-bond donors (Lipinski definition) is 1. The van der Waals surface area contributed by atoms with Gasteiger partial charge < -0.3 is 5.11 Å². The molecule has 0 aliphatic carbocycles. The maximum Gasteiger partial charge on any atom is 0.115 e. The van der Waals surface area contributed by atoms with E-state index < -0.39 is 0 Å². The lowest BCUT2D eigenvalue weighted by molar-refractivity contribution is 0.474. The Bertz CT molecular complexity index is 431. The van der Waals surface area contributed by atoms with Crippen molar-refractivity contribution >= 4 is 0 Å². The average Bonchev–Trinajstić information content (AvgIpc) is 2.52. The first-order valence-corrected chi connectivity index (χ1v) is 8.92. The minimum Gasteiger partial charge on any atom is -0.508 e. The van der Waals surface area contributed by atoms with Crippen molar-refractivity contribution in [3.8, 4) is 5.75 Å². The van der Waals surface area contributed by atoms with Gasteiger partial charge in [-0.25, -0.2) is 0 Å². The lowest BCUT2D eigenvalue weighted by Gasteiger charge is -2.00. The topological polar surface area (TPSA) is 20.2 Å². The molecule has 0 fully saturated rings. The van der Waals surface area contributed by atoms with Gasteiger partial charge in [0.2, 0.25) is 0 Å². The van der Waals surface area contributed by atoms with Gasteiger partial charge in [-0.15, -0.1) is 0 Å². The Morgan fingerprint density at radius 2 is 1.55 bits per heavy atom. The molecule has 0 atom stereocenters. The van der Waals surface area contributed by atoms with Gasteiger partial charge in [-0.2, -0.15) is 0 Å². The standard InChI is InChI=1S/C21H32O/c1-2-3-4-5-6-7-8-9-10-11-12-13-14-16-20-17-15-18-21(22)19-20/h8-11,15,17-19,22H,2-7,12-14,16H2,1H3/b9-8+,11-10+. The van der Waals surface area contributed by atoms with E-state index in [9.17, 15) is 5.11 Å². The van der Waals surface area contributed by atoms with E-state index in [1.165, 1.54) is 56.9 Å². The lowest BCUT2D eigenvalue weighted by Crippen LogP contribution is -1.84. The number of aromatic hydroxyl groups is 1. The van der Waals surface area contributed by atoms with Crippen LogP contribution in [-0.4, -0.2) is 5.11 Å². The molecule has 1 nitrogen and oxygen atoms in total. The molecular weight excluding hydrogens is 268 g/mol. The van der Waals surface area contributed by atoms with Crippen LogP contribution in [0.25, 0.3) is 0 Å². The van der Waals surface area contributed by atoms with Crippen LogP contribution in [0.15, 0.2) is 48.6 Å². The number of benzene rings is 1. The van der Waals surface area contributed by atoms with Crippen molar-refractivity contribution in [2.45, 2.75) is 71.1 Å². The number of unbranched alkanes of at least 4 members (excludes halogenated alkanes) is 7. The van der Waals surface area contributed by atoms with Crippen LogP contribution in [0.2, 0.25) is 0 Å². The Balaban J connectivity index is 1.95. The van der Waals surface area contributed by atoms with Gasteiger partial charge in [-0.1, -0.05) is 69.0 Å². The number of hydrogen-bond acceptors (Lipinski definition) is 1. The molecular formula is C21H32O. The van der Waals surface area contributed by atoms with E-state index in [0.29, 0.717) is 5.75 Å². The fraction of sp³-hybridized carbons (Fsp3) is 0.524. The summed E-state index contributed by atoms with van der Waals surface area (Å²) in [6.45, 7) is 2.26. The molecule has 0 bridgehead atoms. The highest BCUT2D eigenvalue weighted by Crippen LogP contribution is 2.13. The third-order valence-corrected chi connectivity index (χ3v) is 3.85. The smallest absolute Gasteiger partial charge is 0.115 e. The van der Waals surface area contributed by atoms with Gasteiger partial charge >= 0.3 is 0 Å². The minimum atomic E-state index is 0.372. The molecule has 122 valence electrons. The van der Waals surface area contributed by atoms with E-state index >= 15 is 0 Å². The molecule has 0 amide bonds. The largest absolute Gasteiger partial charge is 0.508 e. The van der Waals surface area contributed by atoms with Crippen molar-refractivity contribution in [3.05, 3.63) is 54.1 Å². The fourth-order valence-electron chi connectivity index (χ4n) is 2.52. The van der Waals surface area contributed by atoms with E-state index in [0.717, 1.165) is 12.8 Å². The molecule has 0 saturated heterocycles. The second kappa shape index (κ2) is 13.2. The zero-order valence-electron chi connectivity index (χ0n) is 14.1. The van der Waals surface area contributed by atoms with Crippen LogP contribution in [0.4, 0.5) is 0 Å². The molecule has 0 radical (unpaired) electrons. The van der Waals surface area contributed by atoms with Gasteiger partial charge in [-0.05, 0) is 56.2 Å². The van der Waals surface area contributed by atoms with E-state index in [1.807, 2.05) is 12.1 Å². The molecule has 1 aromatic rings. The highest BCUT2D eigenvalue weighted by Gasteiger charge is 1.94. The van der Waals surface area contributed by atoms with Crippen LogP contribution in [0.5, 0.6) is 5.75 Å². The predicted molar refractivity (Wildman–Crippen MR) is 97.3 cm³/mol. The molecule has 0 heterocycles. The van der Waals surface area contributed by atoms with Gasteiger partial charge in [0.1, 0.15) is 5.75 Å². The number of allylic oxidation sites excluding steroid dienone is 4. The highest BCUT2D eigenvalue weighted by molar-refractivity contribution is 5.27. The van der Waals surface area contributed by atoms with Crippen molar-refractivity contribution in [3.63, 3.8) is 0 Å². The van der Waals surface area contributed by atoms with Crippen LogP contribution in [-0.2, 0) is 6.42 Å². The van der Waals surface area contributed by atoms with Gasteiger partial charge in [0.05, 0.1) is 0 Å². The Kier molecular flexibility index (Phi) is 11.1. The Morgan fingerprint density at radius 3 is 2.23 bits per heavy atom. The number of phenolic OH excluding ortho intramolecular Hbond substituents is 1. The monoisotopic (exact) mass is 300 g/mol. The molecule has 0 saturated carbocycles. The summed E-state index contributed by atoms with van der Waals surface area (Å²) in [5, 5.41) is 9.40. The summed E-state index contributed by atoms with van der Waals surface area (Å²) in [4.78, 5) is 0. The van der Waals surface area contributed by atoms with E-state index in [1.54, 1.807) is 6.07 Å². The summed E-state index contributed by atoms with van der Waals surface area (Å²) >= 11 is 0. The van der Waals surface area contributed by atoms with Crippen LogP contribution >= 0.6 is 0 Å². The summed E-state index contributed by atoms with van der Waals surface area (Å²) in [5.41, 5.74) is 1.23. The normalized spacial score (nSPS) is 11.7. The lowest BCUT2D eigenvalue weighted by atomic mass is 10.1. The minimum absolute atomic E-state index is 0.372. The van der Waals surface area contributed by atoms with Crippen molar-refractivity contribution in [1.82, 2.24) is 0 Å². The van der Waals surface area contributed by atoms with Crippen molar-refractivity contribution < 1.29 is 5.11 Å². The van der Waals surface area contributed by atoms with Gasteiger partial charge in [0.15, 0.2) is 0 Å². The maximum atomic E-state index is 9.40. The average molecular weight is 300 g/mol. The molecule has 22 heavy (non-hydrogen) atoms. The fourth-order valence-corrected chi connectivity index (χ4v) is 2.52. The molecule has 1 heteroatoms. The summed E-state index contributed by atoms with van der Waals surface area (Å²) < 4.78 is 0. The summed E-state index contributed by atoms with van der Waals surface area (Å²) in [7, 11) is 0. The predicted octanol–water partition coefficient (Wildman–Crippen LogP) is 6.58. The van der Waals surface area contributed by atoms with Crippen LogP contribution < -0.4 is 0 Å². The van der Waals surface area contributed by atoms with E-state index in [-0.39, 0.29) is 0 Å². The number of aryl methyl sites for hydroxylation is 1. The summed E-state index contributed by atoms with van der Waals surface area (Å²) in [6, 6.07) is 7.58. The quantitative estimate of drug-likeness (QED) is 0.341. The van der Waals surface area contributed by atoms with Crippen LogP contribution in [0.3, 0.4) is 0 Å². The molecule has 1 aromatic carbocycles. The van der Waals surface area contributed by atoms with E-state index in [2.05, 4.69) is 37.3 Å². The molecule has 1 rings (SSSR count). The Hall–Kier alpha value is -1.50. The number of rotatable bonds is 12. The second-order valence-corrected chi connectivity index (χ2v) is 5.97.